The van der Waals surface area contributed by atoms with Crippen LogP contribution in [0.4, 0.5) is 0 Å². The predicted octanol–water partition coefficient (Wildman–Crippen LogP) is 2.60. The number of thioether (sulfide) groups is 1. The minimum atomic E-state index is -0.126. The van der Waals surface area contributed by atoms with Crippen LogP contribution in [0.2, 0.25) is 0 Å². The number of rotatable bonds is 3. The SMILES string of the molecule is C.CSCC(C)(C)C(C)=O. The highest BCUT2D eigenvalue weighted by Gasteiger charge is 2.21. The molecule has 0 amide bonds. The van der Waals surface area contributed by atoms with Crippen LogP contribution in [0.3, 0.4) is 0 Å². The van der Waals surface area contributed by atoms with E-state index in [4.69, 9.17) is 0 Å². The van der Waals surface area contributed by atoms with Gasteiger partial charge in [0, 0.05) is 11.2 Å². The van der Waals surface area contributed by atoms with Crippen molar-refractivity contribution in [1.29, 1.82) is 0 Å². The summed E-state index contributed by atoms with van der Waals surface area (Å²) < 4.78 is 0. The molecule has 0 aromatic rings. The zero-order valence-electron chi connectivity index (χ0n) is 6.52. The Balaban J connectivity index is 0. The van der Waals surface area contributed by atoms with Gasteiger partial charge in [-0.15, -0.1) is 0 Å². The zero-order chi connectivity index (χ0) is 7.49. The fraction of sp³-hybridized carbons (Fsp3) is 0.875. The first-order valence-electron chi connectivity index (χ1n) is 3.00. The van der Waals surface area contributed by atoms with Crippen LogP contribution in [0.5, 0.6) is 0 Å². The van der Waals surface area contributed by atoms with E-state index in [9.17, 15) is 4.79 Å². The van der Waals surface area contributed by atoms with Gasteiger partial charge in [-0.25, -0.2) is 0 Å². The van der Waals surface area contributed by atoms with Crippen molar-refractivity contribution >= 4 is 17.5 Å². The third kappa shape index (κ3) is 3.94. The van der Waals surface area contributed by atoms with Crippen LogP contribution in [0, 0.1) is 5.41 Å². The molecular weight excluding hydrogens is 144 g/mol. The quantitative estimate of drug-likeness (QED) is 0.634. The summed E-state index contributed by atoms with van der Waals surface area (Å²) in [5, 5.41) is 0. The topological polar surface area (TPSA) is 17.1 Å². The predicted molar refractivity (Wildman–Crippen MR) is 49.6 cm³/mol. The fourth-order valence-electron chi connectivity index (χ4n) is 0.462. The molecular formula is C8H18OS. The molecule has 0 saturated carbocycles. The van der Waals surface area contributed by atoms with Gasteiger partial charge in [-0.2, -0.15) is 11.8 Å². The number of ketones is 1. The number of carbonyl (C=O) groups excluding carboxylic acids is 1. The van der Waals surface area contributed by atoms with E-state index >= 15 is 0 Å². The Kier molecular flexibility index (Phi) is 6.06. The van der Waals surface area contributed by atoms with Gasteiger partial charge in [0.05, 0.1) is 0 Å². The normalized spacial score (nSPS) is 10.4. The van der Waals surface area contributed by atoms with E-state index in [0.717, 1.165) is 5.75 Å². The number of carbonyl (C=O) groups is 1. The molecule has 0 bridgehead atoms. The molecule has 2 heteroatoms. The van der Waals surface area contributed by atoms with Gasteiger partial charge in [0.25, 0.3) is 0 Å². The Labute approximate surface area is 68.6 Å². The van der Waals surface area contributed by atoms with E-state index in [0.29, 0.717) is 0 Å². The zero-order valence-corrected chi connectivity index (χ0v) is 7.34. The molecule has 0 aliphatic rings. The van der Waals surface area contributed by atoms with Gasteiger partial charge < -0.3 is 0 Å². The summed E-state index contributed by atoms with van der Waals surface area (Å²) in [6, 6.07) is 0. The second-order valence-electron chi connectivity index (χ2n) is 2.87. The lowest BCUT2D eigenvalue weighted by atomic mass is 9.92. The molecule has 1 nitrogen and oxygen atoms in total. The number of Topliss-reactive ketones (excluding diaryl/α,β-unsaturated/α-hetero) is 1. The van der Waals surface area contributed by atoms with Crippen molar-refractivity contribution in [3.63, 3.8) is 0 Å². The summed E-state index contributed by atoms with van der Waals surface area (Å²) in [6.07, 6.45) is 2.02. The molecule has 0 aliphatic heterocycles. The Morgan fingerprint density at radius 3 is 2.00 bits per heavy atom. The molecule has 62 valence electrons. The van der Waals surface area contributed by atoms with E-state index in [-0.39, 0.29) is 18.6 Å². The minimum absolute atomic E-state index is 0. The third-order valence-electron chi connectivity index (χ3n) is 1.46. The summed E-state index contributed by atoms with van der Waals surface area (Å²) in [7, 11) is 0. The fourth-order valence-corrected chi connectivity index (χ4v) is 1.39. The Bertz CT molecular complexity index is 108. The van der Waals surface area contributed by atoms with E-state index in [1.807, 2.05) is 20.1 Å². The highest BCUT2D eigenvalue weighted by Crippen LogP contribution is 2.20. The second kappa shape index (κ2) is 4.78. The van der Waals surface area contributed by atoms with Gasteiger partial charge >= 0.3 is 0 Å². The second-order valence-corrected chi connectivity index (χ2v) is 3.74. The van der Waals surface area contributed by atoms with Crippen LogP contribution in [-0.4, -0.2) is 17.8 Å². The van der Waals surface area contributed by atoms with Crippen LogP contribution < -0.4 is 0 Å². The summed E-state index contributed by atoms with van der Waals surface area (Å²) in [6.45, 7) is 5.61. The first-order chi connectivity index (χ1) is 4.00. The Morgan fingerprint density at radius 1 is 1.50 bits per heavy atom. The first kappa shape index (κ1) is 12.7. The maximum Gasteiger partial charge on any atom is 0.136 e. The first-order valence-corrected chi connectivity index (χ1v) is 4.40. The molecule has 0 fully saturated rings. The van der Waals surface area contributed by atoms with Gasteiger partial charge in [-0.05, 0) is 13.2 Å². The van der Waals surface area contributed by atoms with Gasteiger partial charge in [0.2, 0.25) is 0 Å². The van der Waals surface area contributed by atoms with Crippen molar-refractivity contribution in [2.75, 3.05) is 12.0 Å². The van der Waals surface area contributed by atoms with E-state index in [2.05, 4.69) is 0 Å². The minimum Gasteiger partial charge on any atom is -0.299 e. The van der Waals surface area contributed by atoms with Gasteiger partial charge in [0.15, 0.2) is 0 Å². The Morgan fingerprint density at radius 2 is 1.90 bits per heavy atom. The number of hydrogen-bond donors (Lipinski definition) is 0. The maximum atomic E-state index is 10.8. The highest BCUT2D eigenvalue weighted by molar-refractivity contribution is 7.98. The molecule has 0 spiro atoms. The molecule has 0 N–H and O–H groups in total. The van der Waals surface area contributed by atoms with Crippen molar-refractivity contribution in [3.8, 4) is 0 Å². The molecule has 0 atom stereocenters. The van der Waals surface area contributed by atoms with Crippen LogP contribution in [0.25, 0.3) is 0 Å². The molecule has 0 aromatic carbocycles. The molecule has 0 heterocycles. The lowest BCUT2D eigenvalue weighted by Crippen LogP contribution is -2.23. The van der Waals surface area contributed by atoms with E-state index in [1.54, 1.807) is 18.7 Å². The van der Waals surface area contributed by atoms with Gasteiger partial charge in [-0.3, -0.25) is 4.79 Å². The summed E-state index contributed by atoms with van der Waals surface area (Å²) in [5.74, 6) is 1.19. The molecule has 0 radical (unpaired) electrons. The number of hydrogen-bond acceptors (Lipinski definition) is 2. The molecule has 10 heavy (non-hydrogen) atoms. The summed E-state index contributed by atoms with van der Waals surface area (Å²) in [5.41, 5.74) is -0.126. The lowest BCUT2D eigenvalue weighted by molar-refractivity contribution is -0.123. The largest absolute Gasteiger partial charge is 0.299 e. The molecule has 0 aromatic heterocycles. The van der Waals surface area contributed by atoms with Crippen LogP contribution >= 0.6 is 11.8 Å². The summed E-state index contributed by atoms with van der Waals surface area (Å²) >= 11 is 1.72. The molecule has 0 unspecified atom stereocenters. The average Bonchev–Trinajstić information content (AvgIpc) is 1.65. The standard InChI is InChI=1S/C7H14OS.CH4/c1-6(8)7(2,3)5-9-4;/h5H2,1-4H3;1H4. The Hall–Kier alpha value is 0.0200. The monoisotopic (exact) mass is 162 g/mol. The van der Waals surface area contributed by atoms with Crippen molar-refractivity contribution in [2.24, 2.45) is 5.41 Å². The van der Waals surface area contributed by atoms with Crippen LogP contribution in [0.15, 0.2) is 0 Å². The van der Waals surface area contributed by atoms with Gasteiger partial charge in [-0.1, -0.05) is 21.3 Å². The average molecular weight is 162 g/mol. The van der Waals surface area contributed by atoms with Crippen molar-refractivity contribution in [1.82, 2.24) is 0 Å². The maximum absolute atomic E-state index is 10.8. The van der Waals surface area contributed by atoms with Crippen LogP contribution in [-0.2, 0) is 4.79 Å². The van der Waals surface area contributed by atoms with Gasteiger partial charge in [0.1, 0.15) is 5.78 Å². The highest BCUT2D eigenvalue weighted by atomic mass is 32.2. The van der Waals surface area contributed by atoms with Crippen molar-refractivity contribution < 1.29 is 4.79 Å². The molecule has 0 rings (SSSR count). The molecule has 0 aliphatic carbocycles. The van der Waals surface area contributed by atoms with Crippen molar-refractivity contribution in [2.45, 2.75) is 28.2 Å². The lowest BCUT2D eigenvalue weighted by Gasteiger charge is -2.18. The third-order valence-corrected chi connectivity index (χ3v) is 2.47. The molecule has 0 saturated heterocycles. The van der Waals surface area contributed by atoms with E-state index < -0.39 is 0 Å². The van der Waals surface area contributed by atoms with E-state index in [1.165, 1.54) is 0 Å². The smallest absolute Gasteiger partial charge is 0.136 e. The summed E-state index contributed by atoms with van der Waals surface area (Å²) in [4.78, 5) is 10.8. The van der Waals surface area contributed by atoms with Crippen molar-refractivity contribution in [3.05, 3.63) is 0 Å². The van der Waals surface area contributed by atoms with Crippen LogP contribution in [0.1, 0.15) is 28.2 Å².